The quantitative estimate of drug-likeness (QED) is 0.820. The summed E-state index contributed by atoms with van der Waals surface area (Å²) in [7, 11) is 1.72. The van der Waals surface area contributed by atoms with Crippen LogP contribution in [-0.2, 0) is 24.4 Å². The van der Waals surface area contributed by atoms with Crippen molar-refractivity contribution in [2.45, 2.75) is 26.6 Å². The molecule has 0 aliphatic heterocycles. The third kappa shape index (κ3) is 3.18. The van der Waals surface area contributed by atoms with Crippen molar-refractivity contribution in [2.75, 3.05) is 7.11 Å². The summed E-state index contributed by atoms with van der Waals surface area (Å²) in [4.78, 5) is 0. The maximum Gasteiger partial charge on any atom is 0.0716 e. The first kappa shape index (κ1) is 12.8. The van der Waals surface area contributed by atoms with Crippen molar-refractivity contribution in [3.05, 3.63) is 52.8 Å². The Balaban J connectivity index is 1.92. The van der Waals surface area contributed by atoms with Crippen molar-refractivity contribution in [3.63, 3.8) is 0 Å². The zero-order chi connectivity index (χ0) is 12.8. The Morgan fingerprint density at radius 2 is 1.89 bits per heavy atom. The predicted octanol–water partition coefficient (Wildman–Crippen LogP) is 2.15. The van der Waals surface area contributed by atoms with Crippen LogP contribution in [0.5, 0.6) is 0 Å². The Bertz CT molecular complexity index is 493. The molecule has 2 rings (SSSR count). The van der Waals surface area contributed by atoms with Crippen LogP contribution in [0.1, 0.15) is 22.4 Å². The molecular formula is C14H19N3O. The summed E-state index contributed by atoms with van der Waals surface area (Å²) in [5, 5.41) is 10.4. The maximum atomic E-state index is 5.20. The summed E-state index contributed by atoms with van der Waals surface area (Å²) >= 11 is 0. The van der Waals surface area contributed by atoms with E-state index in [1.165, 1.54) is 16.7 Å². The van der Waals surface area contributed by atoms with Gasteiger partial charge in [-0.25, -0.2) is 0 Å². The third-order valence-electron chi connectivity index (χ3n) is 2.98. The molecule has 0 aliphatic carbocycles. The lowest BCUT2D eigenvalue weighted by atomic mass is 10.1. The average molecular weight is 245 g/mol. The molecule has 0 radical (unpaired) electrons. The molecular weight excluding hydrogens is 226 g/mol. The molecule has 0 fully saturated rings. The molecule has 1 aromatic carbocycles. The van der Waals surface area contributed by atoms with Gasteiger partial charge in [-0.2, -0.15) is 5.10 Å². The van der Waals surface area contributed by atoms with Crippen molar-refractivity contribution in [2.24, 2.45) is 0 Å². The first-order chi connectivity index (χ1) is 8.81. The number of nitrogens with zero attached hydrogens (tertiary/aromatic N) is 1. The van der Waals surface area contributed by atoms with E-state index in [9.17, 15) is 0 Å². The molecule has 0 bridgehead atoms. The largest absolute Gasteiger partial charge is 0.380 e. The third-order valence-corrected chi connectivity index (χ3v) is 2.98. The summed E-state index contributed by atoms with van der Waals surface area (Å²) < 4.78 is 5.20. The fourth-order valence-corrected chi connectivity index (χ4v) is 1.91. The summed E-state index contributed by atoms with van der Waals surface area (Å²) in [6.45, 7) is 4.35. The zero-order valence-corrected chi connectivity index (χ0v) is 10.9. The van der Waals surface area contributed by atoms with E-state index < -0.39 is 0 Å². The molecule has 0 saturated heterocycles. The summed E-state index contributed by atoms with van der Waals surface area (Å²) in [6.07, 6.45) is 1.86. The summed E-state index contributed by atoms with van der Waals surface area (Å²) in [5.41, 5.74) is 4.84. The monoisotopic (exact) mass is 245 g/mol. The highest BCUT2D eigenvalue weighted by molar-refractivity contribution is 5.26. The second kappa shape index (κ2) is 6.33. The normalized spacial score (nSPS) is 10.8. The van der Waals surface area contributed by atoms with Crippen LogP contribution in [0.25, 0.3) is 0 Å². The van der Waals surface area contributed by atoms with E-state index in [1.54, 1.807) is 7.11 Å². The minimum Gasteiger partial charge on any atom is -0.380 e. The molecule has 0 saturated carbocycles. The van der Waals surface area contributed by atoms with Crippen LogP contribution in [0.3, 0.4) is 0 Å². The maximum absolute atomic E-state index is 5.20. The SMILES string of the molecule is COCc1ccccc1CNCc1cn[nH]c1C. The lowest BCUT2D eigenvalue weighted by Gasteiger charge is -2.09. The summed E-state index contributed by atoms with van der Waals surface area (Å²) in [6, 6.07) is 8.32. The Hall–Kier alpha value is -1.65. The molecule has 4 nitrogen and oxygen atoms in total. The molecule has 0 amide bonds. The Labute approximate surface area is 107 Å². The molecule has 0 aliphatic rings. The number of hydrogen-bond donors (Lipinski definition) is 2. The van der Waals surface area contributed by atoms with Crippen LogP contribution >= 0.6 is 0 Å². The molecule has 1 heterocycles. The fraction of sp³-hybridized carbons (Fsp3) is 0.357. The predicted molar refractivity (Wildman–Crippen MR) is 71.0 cm³/mol. The van der Waals surface area contributed by atoms with Gasteiger partial charge >= 0.3 is 0 Å². The van der Waals surface area contributed by atoms with Crippen LogP contribution in [0.4, 0.5) is 0 Å². The molecule has 0 atom stereocenters. The highest BCUT2D eigenvalue weighted by Gasteiger charge is 2.03. The molecule has 0 unspecified atom stereocenters. The van der Waals surface area contributed by atoms with Gasteiger partial charge in [-0.3, -0.25) is 5.10 Å². The zero-order valence-electron chi connectivity index (χ0n) is 10.9. The lowest BCUT2D eigenvalue weighted by molar-refractivity contribution is 0.184. The molecule has 2 N–H and O–H groups in total. The molecule has 18 heavy (non-hydrogen) atoms. The van der Waals surface area contributed by atoms with Crippen LogP contribution in [0.2, 0.25) is 0 Å². The topological polar surface area (TPSA) is 49.9 Å². The molecule has 1 aromatic heterocycles. The van der Waals surface area contributed by atoms with Gasteiger partial charge in [0.2, 0.25) is 0 Å². The summed E-state index contributed by atoms with van der Waals surface area (Å²) in [5.74, 6) is 0. The second-order valence-corrected chi connectivity index (χ2v) is 4.33. The van der Waals surface area contributed by atoms with E-state index in [2.05, 4.69) is 33.7 Å². The van der Waals surface area contributed by atoms with Crippen LogP contribution in [-0.4, -0.2) is 17.3 Å². The Kier molecular flexibility index (Phi) is 4.50. The molecule has 4 heteroatoms. The van der Waals surface area contributed by atoms with Crippen LogP contribution in [0.15, 0.2) is 30.5 Å². The van der Waals surface area contributed by atoms with Crippen molar-refractivity contribution in [3.8, 4) is 0 Å². The van der Waals surface area contributed by atoms with Crippen LogP contribution < -0.4 is 5.32 Å². The molecule has 2 aromatic rings. The van der Waals surface area contributed by atoms with Crippen molar-refractivity contribution in [1.82, 2.24) is 15.5 Å². The van der Waals surface area contributed by atoms with Crippen LogP contribution in [0, 0.1) is 6.92 Å². The van der Waals surface area contributed by atoms with Gasteiger partial charge in [0.1, 0.15) is 0 Å². The van der Waals surface area contributed by atoms with Gasteiger partial charge in [0.05, 0.1) is 12.8 Å². The van der Waals surface area contributed by atoms with Crippen molar-refractivity contribution < 1.29 is 4.74 Å². The minimum atomic E-state index is 0.655. The van der Waals surface area contributed by atoms with E-state index in [1.807, 2.05) is 19.2 Å². The first-order valence-electron chi connectivity index (χ1n) is 6.06. The van der Waals surface area contributed by atoms with Gasteiger partial charge in [-0.05, 0) is 18.1 Å². The number of aryl methyl sites for hydroxylation is 1. The number of ether oxygens (including phenoxy) is 1. The fourth-order valence-electron chi connectivity index (χ4n) is 1.91. The van der Waals surface area contributed by atoms with E-state index in [-0.39, 0.29) is 0 Å². The highest BCUT2D eigenvalue weighted by atomic mass is 16.5. The van der Waals surface area contributed by atoms with Gasteiger partial charge in [0.25, 0.3) is 0 Å². The average Bonchev–Trinajstić information content (AvgIpc) is 2.78. The standard InChI is InChI=1S/C14H19N3O/c1-11-14(9-16-17-11)8-15-7-12-5-3-4-6-13(12)10-18-2/h3-6,9,15H,7-8,10H2,1-2H3,(H,16,17). The van der Waals surface area contributed by atoms with Gasteiger partial charge < -0.3 is 10.1 Å². The Morgan fingerprint density at radius 3 is 2.56 bits per heavy atom. The number of rotatable bonds is 6. The number of aromatic nitrogens is 2. The van der Waals surface area contributed by atoms with Gasteiger partial charge in [-0.1, -0.05) is 24.3 Å². The minimum absolute atomic E-state index is 0.655. The first-order valence-corrected chi connectivity index (χ1v) is 6.06. The number of aromatic amines is 1. The van der Waals surface area contributed by atoms with E-state index in [0.717, 1.165) is 18.8 Å². The lowest BCUT2D eigenvalue weighted by Crippen LogP contribution is -2.14. The number of H-pyrrole nitrogens is 1. The van der Waals surface area contributed by atoms with E-state index in [0.29, 0.717) is 6.61 Å². The van der Waals surface area contributed by atoms with Gasteiger partial charge in [0, 0.05) is 31.5 Å². The van der Waals surface area contributed by atoms with Gasteiger partial charge in [0.15, 0.2) is 0 Å². The van der Waals surface area contributed by atoms with Crippen molar-refractivity contribution in [1.29, 1.82) is 0 Å². The second-order valence-electron chi connectivity index (χ2n) is 4.33. The number of benzene rings is 1. The smallest absolute Gasteiger partial charge is 0.0716 e. The Morgan fingerprint density at radius 1 is 1.17 bits per heavy atom. The van der Waals surface area contributed by atoms with Gasteiger partial charge in [-0.15, -0.1) is 0 Å². The van der Waals surface area contributed by atoms with Crippen molar-refractivity contribution >= 4 is 0 Å². The van der Waals surface area contributed by atoms with E-state index >= 15 is 0 Å². The number of methoxy groups -OCH3 is 1. The van der Waals surface area contributed by atoms with E-state index in [4.69, 9.17) is 4.74 Å². The number of nitrogens with one attached hydrogen (secondary N) is 2. The molecule has 96 valence electrons. The highest BCUT2D eigenvalue weighted by Crippen LogP contribution is 2.10. The number of hydrogen-bond acceptors (Lipinski definition) is 3. The molecule has 0 spiro atoms.